The van der Waals surface area contributed by atoms with Crippen LogP contribution in [0.1, 0.15) is 37.7 Å². The molecule has 1 aromatic carbocycles. The molecule has 0 aliphatic carbocycles. The summed E-state index contributed by atoms with van der Waals surface area (Å²) < 4.78 is 10.7. The molecule has 0 aliphatic rings. The van der Waals surface area contributed by atoms with E-state index in [0.29, 0.717) is 12.3 Å². The fraction of sp³-hybridized carbons (Fsp3) is 0.333. The van der Waals surface area contributed by atoms with Crippen molar-refractivity contribution >= 4 is 5.97 Å². The summed E-state index contributed by atoms with van der Waals surface area (Å²) in [5.74, 6) is 0.431. The number of hydrogen-bond donors (Lipinski definition) is 0. The Bertz CT molecular complexity index is 622. The average Bonchev–Trinajstić information content (AvgIpc) is 2.56. The predicted molar refractivity (Wildman–Crippen MR) is 86.0 cm³/mol. The van der Waals surface area contributed by atoms with Gasteiger partial charge in [-0.1, -0.05) is 13.0 Å². The SMILES string of the molecule is CCOc1ccc(-c2cccc(C(=O)OC(C)CC)n2)cc1. The molecule has 1 heterocycles. The summed E-state index contributed by atoms with van der Waals surface area (Å²) in [6, 6.07) is 13.0. The van der Waals surface area contributed by atoms with Crippen molar-refractivity contribution in [3.8, 4) is 17.0 Å². The molecular formula is C18H21NO3. The summed E-state index contributed by atoms with van der Waals surface area (Å²) in [6.45, 7) is 6.42. The molecule has 1 atom stereocenters. The Hall–Kier alpha value is -2.36. The number of esters is 1. The maximum atomic E-state index is 12.0. The molecule has 0 saturated carbocycles. The summed E-state index contributed by atoms with van der Waals surface area (Å²) in [7, 11) is 0. The zero-order valence-corrected chi connectivity index (χ0v) is 13.2. The second kappa shape index (κ2) is 7.59. The van der Waals surface area contributed by atoms with Crippen LogP contribution in [0.4, 0.5) is 0 Å². The Balaban J connectivity index is 2.18. The zero-order valence-electron chi connectivity index (χ0n) is 13.2. The second-order valence-electron chi connectivity index (χ2n) is 4.99. The second-order valence-corrected chi connectivity index (χ2v) is 4.99. The number of carbonyl (C=O) groups is 1. The maximum Gasteiger partial charge on any atom is 0.357 e. The number of nitrogens with zero attached hydrogens (tertiary/aromatic N) is 1. The first-order chi connectivity index (χ1) is 10.6. The van der Waals surface area contributed by atoms with Gasteiger partial charge in [-0.3, -0.25) is 0 Å². The first-order valence-electron chi connectivity index (χ1n) is 7.55. The lowest BCUT2D eigenvalue weighted by Gasteiger charge is -2.11. The van der Waals surface area contributed by atoms with Crippen LogP contribution in [-0.4, -0.2) is 23.7 Å². The zero-order chi connectivity index (χ0) is 15.9. The van der Waals surface area contributed by atoms with Gasteiger partial charge in [0.2, 0.25) is 0 Å². The fourth-order valence-corrected chi connectivity index (χ4v) is 1.92. The summed E-state index contributed by atoms with van der Waals surface area (Å²) in [5.41, 5.74) is 2.00. The minimum absolute atomic E-state index is 0.108. The minimum atomic E-state index is -0.387. The van der Waals surface area contributed by atoms with Gasteiger partial charge in [0.15, 0.2) is 0 Å². The van der Waals surface area contributed by atoms with Crippen LogP contribution in [0.25, 0.3) is 11.3 Å². The molecule has 0 aliphatic heterocycles. The number of hydrogen-bond acceptors (Lipinski definition) is 4. The summed E-state index contributed by atoms with van der Waals surface area (Å²) >= 11 is 0. The van der Waals surface area contributed by atoms with Gasteiger partial charge in [0.1, 0.15) is 11.4 Å². The van der Waals surface area contributed by atoms with Gasteiger partial charge in [-0.15, -0.1) is 0 Å². The van der Waals surface area contributed by atoms with Crippen LogP contribution in [0.3, 0.4) is 0 Å². The third kappa shape index (κ3) is 4.07. The van der Waals surface area contributed by atoms with E-state index < -0.39 is 0 Å². The summed E-state index contributed by atoms with van der Waals surface area (Å²) in [4.78, 5) is 16.4. The summed E-state index contributed by atoms with van der Waals surface area (Å²) in [5, 5.41) is 0. The molecule has 2 rings (SSSR count). The quantitative estimate of drug-likeness (QED) is 0.753. The maximum absolute atomic E-state index is 12.0. The third-order valence-electron chi connectivity index (χ3n) is 3.30. The van der Waals surface area contributed by atoms with Crippen molar-refractivity contribution in [2.45, 2.75) is 33.3 Å². The molecule has 2 aromatic rings. The molecule has 0 fully saturated rings. The van der Waals surface area contributed by atoms with E-state index in [1.807, 2.05) is 57.2 Å². The number of ether oxygens (including phenoxy) is 2. The molecule has 1 aromatic heterocycles. The number of aromatic nitrogens is 1. The van der Waals surface area contributed by atoms with E-state index in [1.54, 1.807) is 6.07 Å². The van der Waals surface area contributed by atoms with Crippen LogP contribution in [0.5, 0.6) is 5.75 Å². The van der Waals surface area contributed by atoms with Crippen molar-refractivity contribution in [3.05, 3.63) is 48.2 Å². The van der Waals surface area contributed by atoms with E-state index in [9.17, 15) is 4.79 Å². The van der Waals surface area contributed by atoms with E-state index in [-0.39, 0.29) is 12.1 Å². The molecule has 0 bridgehead atoms. The molecule has 116 valence electrons. The van der Waals surface area contributed by atoms with Gasteiger partial charge in [0, 0.05) is 5.56 Å². The van der Waals surface area contributed by atoms with Crippen LogP contribution in [0.2, 0.25) is 0 Å². The lowest BCUT2D eigenvalue weighted by molar-refractivity contribution is 0.0327. The number of carbonyl (C=O) groups excluding carboxylic acids is 1. The largest absolute Gasteiger partial charge is 0.494 e. The van der Waals surface area contributed by atoms with Gasteiger partial charge >= 0.3 is 5.97 Å². The molecule has 0 amide bonds. The van der Waals surface area contributed by atoms with Gasteiger partial charge in [-0.2, -0.15) is 0 Å². The highest BCUT2D eigenvalue weighted by molar-refractivity contribution is 5.88. The molecule has 0 saturated heterocycles. The topological polar surface area (TPSA) is 48.4 Å². The minimum Gasteiger partial charge on any atom is -0.494 e. The van der Waals surface area contributed by atoms with E-state index in [1.165, 1.54) is 0 Å². The van der Waals surface area contributed by atoms with Crippen LogP contribution >= 0.6 is 0 Å². The van der Waals surface area contributed by atoms with E-state index in [2.05, 4.69) is 4.98 Å². The molecule has 22 heavy (non-hydrogen) atoms. The molecule has 0 N–H and O–H groups in total. The Morgan fingerprint density at radius 3 is 2.50 bits per heavy atom. The molecule has 0 radical (unpaired) electrons. The van der Waals surface area contributed by atoms with Crippen molar-refractivity contribution in [3.63, 3.8) is 0 Å². The van der Waals surface area contributed by atoms with Crippen LogP contribution in [0, 0.1) is 0 Å². The highest BCUT2D eigenvalue weighted by Crippen LogP contribution is 2.21. The fourth-order valence-electron chi connectivity index (χ4n) is 1.92. The van der Waals surface area contributed by atoms with Crippen molar-refractivity contribution in [1.29, 1.82) is 0 Å². The molecular weight excluding hydrogens is 278 g/mol. The molecule has 4 nitrogen and oxygen atoms in total. The Morgan fingerprint density at radius 1 is 1.14 bits per heavy atom. The first-order valence-corrected chi connectivity index (χ1v) is 7.55. The Morgan fingerprint density at radius 2 is 1.86 bits per heavy atom. The Kier molecular flexibility index (Phi) is 5.53. The van der Waals surface area contributed by atoms with E-state index in [4.69, 9.17) is 9.47 Å². The highest BCUT2D eigenvalue weighted by atomic mass is 16.5. The van der Waals surface area contributed by atoms with Crippen molar-refractivity contribution in [1.82, 2.24) is 4.98 Å². The van der Waals surface area contributed by atoms with Gasteiger partial charge in [0.25, 0.3) is 0 Å². The monoisotopic (exact) mass is 299 g/mol. The van der Waals surface area contributed by atoms with Crippen LogP contribution in [-0.2, 0) is 4.74 Å². The molecule has 0 spiro atoms. The highest BCUT2D eigenvalue weighted by Gasteiger charge is 2.13. The van der Waals surface area contributed by atoms with Crippen LogP contribution < -0.4 is 4.74 Å². The lowest BCUT2D eigenvalue weighted by atomic mass is 10.1. The molecule has 1 unspecified atom stereocenters. The normalized spacial score (nSPS) is 11.8. The first kappa shape index (κ1) is 16.0. The van der Waals surface area contributed by atoms with E-state index in [0.717, 1.165) is 23.4 Å². The van der Waals surface area contributed by atoms with Gasteiger partial charge < -0.3 is 9.47 Å². The number of benzene rings is 1. The van der Waals surface area contributed by atoms with Crippen molar-refractivity contribution in [2.75, 3.05) is 6.61 Å². The number of pyridine rings is 1. The predicted octanol–water partition coefficient (Wildman–Crippen LogP) is 4.10. The van der Waals surface area contributed by atoms with Gasteiger partial charge in [-0.25, -0.2) is 9.78 Å². The lowest BCUT2D eigenvalue weighted by Crippen LogP contribution is -2.15. The molecule has 4 heteroatoms. The smallest absolute Gasteiger partial charge is 0.357 e. The Labute approximate surface area is 131 Å². The summed E-state index contributed by atoms with van der Waals surface area (Å²) in [6.07, 6.45) is 0.674. The van der Waals surface area contributed by atoms with Crippen LogP contribution in [0.15, 0.2) is 42.5 Å². The van der Waals surface area contributed by atoms with Crippen molar-refractivity contribution in [2.24, 2.45) is 0 Å². The third-order valence-corrected chi connectivity index (χ3v) is 3.30. The van der Waals surface area contributed by atoms with Gasteiger partial charge in [-0.05, 0) is 56.7 Å². The van der Waals surface area contributed by atoms with Gasteiger partial charge in [0.05, 0.1) is 18.4 Å². The van der Waals surface area contributed by atoms with Crippen molar-refractivity contribution < 1.29 is 14.3 Å². The van der Waals surface area contributed by atoms with E-state index >= 15 is 0 Å². The number of rotatable bonds is 6. The average molecular weight is 299 g/mol. The standard InChI is InChI=1S/C18H21NO3/c1-4-13(3)22-18(20)17-8-6-7-16(19-17)14-9-11-15(12-10-14)21-5-2/h6-13H,4-5H2,1-3H3.